The number of ether oxygens (including phenoxy) is 1. The molecule has 1 saturated heterocycles. The Morgan fingerprint density at radius 2 is 2.00 bits per heavy atom. The summed E-state index contributed by atoms with van der Waals surface area (Å²) in [5.41, 5.74) is 0. The molecule has 0 aromatic carbocycles. The first kappa shape index (κ1) is 20.9. The molecule has 1 atom stereocenters. The number of unbranched alkanes of at least 4 members (excludes halogenated alkanes) is 3. The molecule has 0 aliphatic carbocycles. The number of carboxylic acid groups (broad SMARTS) is 1. The molecular weight excluding hydrogens is 328 g/mol. The number of carboxylic acids is 1. The van der Waals surface area contributed by atoms with Crippen molar-refractivity contribution in [1.29, 1.82) is 0 Å². The molecule has 1 fully saturated rings. The summed E-state index contributed by atoms with van der Waals surface area (Å²) in [5.74, 6) is -1.91. The highest BCUT2D eigenvalue weighted by Gasteiger charge is 2.38. The maximum atomic E-state index is 12.1. The standard InChI is InChI=1S/C17H28N2O6/c1-2-3-5-10-18-14(20)12-19-13(8-9-15(19)21)17(24)25-11-6-4-7-16(22)23/h13H,2-12H2,1H3,(H,18,20)(H,22,23)/t13-/m1/s1. The molecule has 0 radical (unpaired) electrons. The van der Waals surface area contributed by atoms with Crippen molar-refractivity contribution < 1.29 is 29.0 Å². The van der Waals surface area contributed by atoms with Gasteiger partial charge < -0.3 is 20.1 Å². The first-order valence-corrected chi connectivity index (χ1v) is 8.90. The molecule has 0 saturated carbocycles. The van der Waals surface area contributed by atoms with Gasteiger partial charge in [-0.1, -0.05) is 19.8 Å². The Morgan fingerprint density at radius 3 is 2.68 bits per heavy atom. The van der Waals surface area contributed by atoms with Gasteiger partial charge in [-0.05, 0) is 25.7 Å². The highest BCUT2D eigenvalue weighted by atomic mass is 16.5. The Morgan fingerprint density at radius 1 is 1.24 bits per heavy atom. The molecule has 1 heterocycles. The number of aliphatic carboxylic acids is 1. The third-order valence-electron chi connectivity index (χ3n) is 4.05. The van der Waals surface area contributed by atoms with E-state index in [1.165, 1.54) is 4.90 Å². The molecule has 0 aromatic rings. The van der Waals surface area contributed by atoms with Crippen molar-refractivity contribution in [2.75, 3.05) is 19.7 Å². The molecule has 1 aliphatic rings. The highest BCUT2D eigenvalue weighted by molar-refractivity contribution is 5.91. The molecule has 2 N–H and O–H groups in total. The summed E-state index contributed by atoms with van der Waals surface area (Å²) >= 11 is 0. The number of hydrogen-bond donors (Lipinski definition) is 2. The predicted octanol–water partition coefficient (Wildman–Crippen LogP) is 1.08. The summed E-state index contributed by atoms with van der Waals surface area (Å²) in [7, 11) is 0. The predicted molar refractivity (Wildman–Crippen MR) is 89.7 cm³/mol. The van der Waals surface area contributed by atoms with Gasteiger partial charge in [0.15, 0.2) is 0 Å². The lowest BCUT2D eigenvalue weighted by Gasteiger charge is -2.22. The lowest BCUT2D eigenvalue weighted by molar-refractivity contribution is -0.152. The SMILES string of the molecule is CCCCCNC(=O)CN1C(=O)CC[C@@H]1C(=O)OCCCCC(=O)O. The molecule has 8 nitrogen and oxygen atoms in total. The maximum absolute atomic E-state index is 12.1. The molecule has 2 amide bonds. The number of nitrogens with zero attached hydrogens (tertiary/aromatic N) is 1. The normalized spacial score (nSPS) is 16.8. The van der Waals surface area contributed by atoms with E-state index in [2.05, 4.69) is 12.2 Å². The van der Waals surface area contributed by atoms with Crippen LogP contribution in [0.15, 0.2) is 0 Å². The Bertz CT molecular complexity index is 480. The van der Waals surface area contributed by atoms with E-state index in [9.17, 15) is 19.2 Å². The second-order valence-corrected chi connectivity index (χ2v) is 6.15. The summed E-state index contributed by atoms with van der Waals surface area (Å²) in [6, 6.07) is -0.728. The van der Waals surface area contributed by atoms with Crippen LogP contribution in [0.2, 0.25) is 0 Å². The topological polar surface area (TPSA) is 113 Å². The van der Waals surface area contributed by atoms with Crippen LogP contribution < -0.4 is 5.32 Å². The van der Waals surface area contributed by atoms with E-state index in [1.54, 1.807) is 0 Å². The average Bonchev–Trinajstić information content (AvgIpc) is 2.92. The minimum Gasteiger partial charge on any atom is -0.481 e. The van der Waals surface area contributed by atoms with E-state index in [1.807, 2.05) is 0 Å². The van der Waals surface area contributed by atoms with Gasteiger partial charge in [0.25, 0.3) is 0 Å². The number of carbonyl (C=O) groups is 4. The van der Waals surface area contributed by atoms with Gasteiger partial charge in [0.1, 0.15) is 12.6 Å². The van der Waals surface area contributed by atoms with Crippen LogP contribution in [0.3, 0.4) is 0 Å². The van der Waals surface area contributed by atoms with Crippen LogP contribution in [0, 0.1) is 0 Å². The number of amides is 2. The molecule has 8 heteroatoms. The van der Waals surface area contributed by atoms with E-state index in [4.69, 9.17) is 9.84 Å². The summed E-state index contributed by atoms with van der Waals surface area (Å²) < 4.78 is 5.12. The van der Waals surface area contributed by atoms with E-state index in [-0.39, 0.29) is 37.8 Å². The molecule has 0 bridgehead atoms. The van der Waals surface area contributed by atoms with Crippen LogP contribution >= 0.6 is 0 Å². The van der Waals surface area contributed by atoms with Crippen LogP contribution in [-0.2, 0) is 23.9 Å². The van der Waals surface area contributed by atoms with Gasteiger partial charge >= 0.3 is 11.9 Å². The molecule has 0 aromatic heterocycles. The monoisotopic (exact) mass is 356 g/mol. The molecular formula is C17H28N2O6. The molecule has 1 rings (SSSR count). The highest BCUT2D eigenvalue weighted by Crippen LogP contribution is 2.19. The molecule has 142 valence electrons. The van der Waals surface area contributed by atoms with E-state index in [0.29, 0.717) is 25.8 Å². The zero-order valence-corrected chi connectivity index (χ0v) is 14.8. The van der Waals surface area contributed by atoms with Crippen molar-refractivity contribution in [2.24, 2.45) is 0 Å². The number of rotatable bonds is 12. The zero-order valence-electron chi connectivity index (χ0n) is 14.8. The van der Waals surface area contributed by atoms with Crippen molar-refractivity contribution >= 4 is 23.8 Å². The summed E-state index contributed by atoms with van der Waals surface area (Å²) in [6.07, 6.45) is 4.45. The maximum Gasteiger partial charge on any atom is 0.328 e. The van der Waals surface area contributed by atoms with Crippen LogP contribution in [0.1, 0.15) is 58.3 Å². The first-order valence-electron chi connectivity index (χ1n) is 8.90. The van der Waals surface area contributed by atoms with Gasteiger partial charge in [0.2, 0.25) is 11.8 Å². The average molecular weight is 356 g/mol. The van der Waals surface area contributed by atoms with Crippen molar-refractivity contribution in [3.05, 3.63) is 0 Å². The number of hydrogen-bond acceptors (Lipinski definition) is 5. The number of carbonyl (C=O) groups excluding carboxylic acids is 3. The molecule has 0 spiro atoms. The van der Waals surface area contributed by atoms with Gasteiger partial charge in [-0.15, -0.1) is 0 Å². The fourth-order valence-electron chi connectivity index (χ4n) is 2.64. The van der Waals surface area contributed by atoms with E-state index in [0.717, 1.165) is 19.3 Å². The van der Waals surface area contributed by atoms with Gasteiger partial charge in [0, 0.05) is 19.4 Å². The quantitative estimate of drug-likeness (QED) is 0.400. The fraction of sp³-hybridized carbons (Fsp3) is 0.765. The van der Waals surface area contributed by atoms with E-state index < -0.39 is 18.0 Å². The van der Waals surface area contributed by atoms with Crippen molar-refractivity contribution in [3.63, 3.8) is 0 Å². The molecule has 1 aliphatic heterocycles. The summed E-state index contributed by atoms with van der Waals surface area (Å²) in [5, 5.41) is 11.3. The summed E-state index contributed by atoms with van der Waals surface area (Å²) in [6.45, 7) is 2.62. The molecule has 25 heavy (non-hydrogen) atoms. The van der Waals surface area contributed by atoms with Gasteiger partial charge in [0.05, 0.1) is 6.61 Å². The lowest BCUT2D eigenvalue weighted by Crippen LogP contribution is -2.45. The minimum absolute atomic E-state index is 0.0315. The summed E-state index contributed by atoms with van der Waals surface area (Å²) in [4.78, 5) is 47.6. The van der Waals surface area contributed by atoms with Crippen LogP contribution in [0.5, 0.6) is 0 Å². The second-order valence-electron chi connectivity index (χ2n) is 6.15. The smallest absolute Gasteiger partial charge is 0.328 e. The van der Waals surface area contributed by atoms with Gasteiger partial charge in [-0.2, -0.15) is 0 Å². The third kappa shape index (κ3) is 8.00. The number of likely N-dealkylation sites (tertiary alicyclic amines) is 1. The van der Waals surface area contributed by atoms with Gasteiger partial charge in [-0.25, -0.2) is 4.79 Å². The van der Waals surface area contributed by atoms with E-state index >= 15 is 0 Å². The Balaban J connectivity index is 2.36. The van der Waals surface area contributed by atoms with Crippen LogP contribution in [0.25, 0.3) is 0 Å². The van der Waals surface area contributed by atoms with Crippen LogP contribution in [-0.4, -0.2) is 59.5 Å². The minimum atomic E-state index is -0.885. The number of esters is 1. The zero-order chi connectivity index (χ0) is 18.7. The van der Waals surface area contributed by atoms with Crippen molar-refractivity contribution in [1.82, 2.24) is 10.2 Å². The Labute approximate surface area is 147 Å². The Kier molecular flexibility index (Phi) is 9.57. The van der Waals surface area contributed by atoms with Crippen molar-refractivity contribution in [3.8, 4) is 0 Å². The third-order valence-corrected chi connectivity index (χ3v) is 4.05. The van der Waals surface area contributed by atoms with Crippen molar-refractivity contribution in [2.45, 2.75) is 64.3 Å². The second kappa shape index (κ2) is 11.4. The lowest BCUT2D eigenvalue weighted by atomic mass is 10.2. The van der Waals surface area contributed by atoms with Gasteiger partial charge in [-0.3, -0.25) is 14.4 Å². The number of nitrogens with one attached hydrogen (secondary N) is 1. The first-order chi connectivity index (χ1) is 12.0. The fourth-order valence-corrected chi connectivity index (χ4v) is 2.64. The van der Waals surface area contributed by atoms with Crippen LogP contribution in [0.4, 0.5) is 0 Å². The molecule has 0 unspecified atom stereocenters. The largest absolute Gasteiger partial charge is 0.481 e. The Hall–Kier alpha value is -2.12.